The van der Waals surface area contributed by atoms with Gasteiger partial charge in [0.2, 0.25) is 5.91 Å². The Kier molecular flexibility index (Phi) is 5.21. The van der Waals surface area contributed by atoms with Gasteiger partial charge in [-0.25, -0.2) is 9.37 Å². The highest BCUT2D eigenvalue weighted by Crippen LogP contribution is 2.24. The van der Waals surface area contributed by atoms with Crippen molar-refractivity contribution < 1.29 is 18.4 Å². The van der Waals surface area contributed by atoms with E-state index in [0.29, 0.717) is 48.2 Å². The number of furan rings is 1. The number of rotatable bonds is 4. The third-order valence-electron chi connectivity index (χ3n) is 4.61. The maximum Gasteiger partial charge on any atom is 0.289 e. The lowest BCUT2D eigenvalue weighted by molar-refractivity contribution is -0.132. The van der Waals surface area contributed by atoms with Crippen molar-refractivity contribution in [3.8, 4) is 10.6 Å². The number of hydrogen-bond acceptors (Lipinski definition) is 5. The molecular formula is C20H18FN3O3S. The highest BCUT2D eigenvalue weighted by molar-refractivity contribution is 7.13. The molecule has 0 unspecified atom stereocenters. The van der Waals surface area contributed by atoms with Gasteiger partial charge in [-0.15, -0.1) is 11.3 Å². The minimum absolute atomic E-state index is 0.0267. The van der Waals surface area contributed by atoms with Gasteiger partial charge in [-0.05, 0) is 24.3 Å². The molecule has 1 saturated heterocycles. The number of carbonyl (C=O) groups excluding carboxylic acids is 2. The van der Waals surface area contributed by atoms with Gasteiger partial charge >= 0.3 is 0 Å². The Bertz CT molecular complexity index is 978. The van der Waals surface area contributed by atoms with E-state index in [9.17, 15) is 14.0 Å². The molecule has 1 aliphatic heterocycles. The third-order valence-corrected chi connectivity index (χ3v) is 5.55. The van der Waals surface area contributed by atoms with Crippen molar-refractivity contribution in [1.82, 2.24) is 14.8 Å². The van der Waals surface area contributed by atoms with Crippen molar-refractivity contribution in [2.24, 2.45) is 0 Å². The van der Waals surface area contributed by atoms with E-state index in [4.69, 9.17) is 4.42 Å². The number of thiazole rings is 1. The first-order valence-electron chi connectivity index (χ1n) is 8.91. The zero-order chi connectivity index (χ0) is 19.5. The molecule has 0 saturated carbocycles. The molecule has 1 aliphatic rings. The average molecular weight is 399 g/mol. The molecule has 1 fully saturated rings. The highest BCUT2D eigenvalue weighted by Gasteiger charge is 2.26. The number of halogens is 1. The number of nitrogens with zero attached hydrogens (tertiary/aromatic N) is 3. The summed E-state index contributed by atoms with van der Waals surface area (Å²) >= 11 is 1.39. The van der Waals surface area contributed by atoms with E-state index in [-0.39, 0.29) is 24.1 Å². The molecule has 0 spiro atoms. The van der Waals surface area contributed by atoms with Crippen LogP contribution in [0.3, 0.4) is 0 Å². The lowest BCUT2D eigenvalue weighted by atomic mass is 10.2. The Morgan fingerprint density at radius 2 is 1.89 bits per heavy atom. The lowest BCUT2D eigenvalue weighted by Crippen LogP contribution is -2.50. The molecule has 1 aromatic carbocycles. The quantitative estimate of drug-likeness (QED) is 0.676. The molecule has 4 rings (SSSR count). The fourth-order valence-corrected chi connectivity index (χ4v) is 3.94. The predicted molar refractivity (Wildman–Crippen MR) is 102 cm³/mol. The molecule has 0 aliphatic carbocycles. The fraction of sp³-hybridized carbons (Fsp3) is 0.250. The van der Waals surface area contributed by atoms with E-state index in [1.165, 1.54) is 29.7 Å². The van der Waals surface area contributed by atoms with Crippen molar-refractivity contribution in [2.45, 2.75) is 6.42 Å². The Balaban J connectivity index is 1.33. The van der Waals surface area contributed by atoms with E-state index in [2.05, 4.69) is 4.98 Å². The van der Waals surface area contributed by atoms with Crippen molar-refractivity contribution in [1.29, 1.82) is 0 Å². The van der Waals surface area contributed by atoms with E-state index >= 15 is 0 Å². The van der Waals surface area contributed by atoms with Crippen molar-refractivity contribution in [2.75, 3.05) is 26.2 Å². The Morgan fingerprint density at radius 1 is 1.11 bits per heavy atom. The number of carbonyl (C=O) groups is 2. The van der Waals surface area contributed by atoms with Crippen LogP contribution >= 0.6 is 11.3 Å². The van der Waals surface area contributed by atoms with Crippen LogP contribution < -0.4 is 0 Å². The number of benzene rings is 1. The van der Waals surface area contributed by atoms with Crippen molar-refractivity contribution in [3.63, 3.8) is 0 Å². The van der Waals surface area contributed by atoms with E-state index in [1.807, 2.05) is 5.38 Å². The Hall–Kier alpha value is -3.00. The van der Waals surface area contributed by atoms with E-state index < -0.39 is 0 Å². The molecule has 0 N–H and O–H groups in total. The zero-order valence-corrected chi connectivity index (χ0v) is 15.8. The van der Waals surface area contributed by atoms with Gasteiger partial charge in [0.25, 0.3) is 5.91 Å². The van der Waals surface area contributed by atoms with Gasteiger partial charge in [-0.3, -0.25) is 9.59 Å². The summed E-state index contributed by atoms with van der Waals surface area (Å²) in [6.07, 6.45) is 1.66. The van der Waals surface area contributed by atoms with Crippen molar-refractivity contribution >= 4 is 23.2 Å². The molecule has 8 heteroatoms. The van der Waals surface area contributed by atoms with E-state index in [0.717, 1.165) is 0 Å². The second-order valence-corrected chi connectivity index (χ2v) is 7.34. The summed E-state index contributed by atoms with van der Waals surface area (Å²) in [5, 5.41) is 2.52. The van der Waals surface area contributed by atoms with Crippen LogP contribution in [-0.4, -0.2) is 52.8 Å². The summed E-state index contributed by atoms with van der Waals surface area (Å²) in [6, 6.07) is 9.57. The first kappa shape index (κ1) is 18.4. The van der Waals surface area contributed by atoms with Gasteiger partial charge in [0.1, 0.15) is 10.8 Å². The van der Waals surface area contributed by atoms with Gasteiger partial charge in [0, 0.05) is 37.1 Å². The first-order valence-corrected chi connectivity index (χ1v) is 9.79. The normalized spacial score (nSPS) is 14.3. The molecule has 28 heavy (non-hydrogen) atoms. The Morgan fingerprint density at radius 3 is 2.61 bits per heavy atom. The summed E-state index contributed by atoms with van der Waals surface area (Å²) < 4.78 is 18.5. The SMILES string of the molecule is O=C(Cc1csc(-c2cccc(F)c2)n1)N1CCN(C(=O)c2ccco2)CC1. The minimum Gasteiger partial charge on any atom is -0.459 e. The Labute approximate surface area is 165 Å². The predicted octanol–water partition coefficient (Wildman–Crippen LogP) is 3.07. The molecule has 2 aromatic heterocycles. The molecule has 0 bridgehead atoms. The molecule has 3 aromatic rings. The van der Waals surface area contributed by atoms with Crippen LogP contribution in [0.2, 0.25) is 0 Å². The second kappa shape index (κ2) is 7.93. The van der Waals surface area contributed by atoms with Gasteiger partial charge in [0.15, 0.2) is 5.76 Å². The van der Waals surface area contributed by atoms with Gasteiger partial charge in [-0.2, -0.15) is 0 Å². The van der Waals surface area contributed by atoms with Crippen LogP contribution in [-0.2, 0) is 11.2 Å². The maximum atomic E-state index is 13.4. The van der Waals surface area contributed by atoms with Crippen LogP contribution in [0.15, 0.2) is 52.5 Å². The summed E-state index contributed by atoms with van der Waals surface area (Å²) in [7, 11) is 0. The van der Waals surface area contributed by atoms with Crippen molar-refractivity contribution in [3.05, 3.63) is 65.3 Å². The summed E-state index contributed by atoms with van der Waals surface area (Å²) in [5.41, 5.74) is 1.37. The molecule has 3 heterocycles. The summed E-state index contributed by atoms with van der Waals surface area (Å²) in [4.78, 5) is 32.8. The second-order valence-electron chi connectivity index (χ2n) is 6.48. The highest BCUT2D eigenvalue weighted by atomic mass is 32.1. The number of amides is 2. The van der Waals surface area contributed by atoms with Crippen LogP contribution in [0.1, 0.15) is 16.2 Å². The zero-order valence-electron chi connectivity index (χ0n) is 15.0. The van der Waals surface area contributed by atoms with Crippen LogP contribution in [0.25, 0.3) is 10.6 Å². The summed E-state index contributed by atoms with van der Waals surface area (Å²) in [6.45, 7) is 1.89. The average Bonchev–Trinajstić information content (AvgIpc) is 3.40. The van der Waals surface area contributed by atoms with Crippen LogP contribution in [0, 0.1) is 5.82 Å². The molecular weight excluding hydrogens is 381 g/mol. The van der Waals surface area contributed by atoms with Gasteiger partial charge in [-0.1, -0.05) is 12.1 Å². The van der Waals surface area contributed by atoms with Gasteiger partial charge < -0.3 is 14.2 Å². The number of aromatic nitrogens is 1. The molecule has 6 nitrogen and oxygen atoms in total. The molecule has 0 radical (unpaired) electrons. The van der Waals surface area contributed by atoms with Crippen LogP contribution in [0.5, 0.6) is 0 Å². The fourth-order valence-electron chi connectivity index (χ4n) is 3.12. The molecule has 0 atom stereocenters. The van der Waals surface area contributed by atoms with Crippen LogP contribution in [0.4, 0.5) is 4.39 Å². The first-order chi connectivity index (χ1) is 13.6. The minimum atomic E-state index is -0.313. The third kappa shape index (κ3) is 3.96. The van der Waals surface area contributed by atoms with E-state index in [1.54, 1.807) is 34.1 Å². The molecule has 2 amide bonds. The standard InChI is InChI=1S/C20H18FN3O3S/c21-15-4-1-3-14(11-15)19-22-16(13-28-19)12-18(25)23-6-8-24(9-7-23)20(26)17-5-2-10-27-17/h1-5,10-11,13H,6-9,12H2. The lowest BCUT2D eigenvalue weighted by Gasteiger charge is -2.34. The largest absolute Gasteiger partial charge is 0.459 e. The topological polar surface area (TPSA) is 66.7 Å². The smallest absolute Gasteiger partial charge is 0.289 e. The number of hydrogen-bond donors (Lipinski definition) is 0. The monoisotopic (exact) mass is 399 g/mol. The number of piperazine rings is 1. The molecule has 144 valence electrons. The maximum absolute atomic E-state index is 13.4. The van der Waals surface area contributed by atoms with Gasteiger partial charge in [0.05, 0.1) is 18.4 Å². The summed E-state index contributed by atoms with van der Waals surface area (Å²) in [5.74, 6) is -0.183.